The molecule has 10 heteroatoms. The monoisotopic (exact) mass is 525 g/mol. The van der Waals surface area contributed by atoms with Crippen molar-refractivity contribution in [2.45, 2.75) is 38.6 Å². The maximum Gasteiger partial charge on any atom is 0.258 e. The second-order valence-electron chi connectivity index (χ2n) is 7.36. The van der Waals surface area contributed by atoms with Gasteiger partial charge in [-0.3, -0.25) is 4.79 Å². The number of hydrogen-bond acceptors (Lipinski definition) is 6. The summed E-state index contributed by atoms with van der Waals surface area (Å²) in [4.78, 5) is 12.8. The average Bonchev–Trinajstić information content (AvgIpc) is 2.72. The Morgan fingerprint density at radius 2 is 1.88 bits per heavy atom. The molecule has 0 aliphatic heterocycles. The predicted molar refractivity (Wildman–Crippen MR) is 128 cm³/mol. The van der Waals surface area contributed by atoms with Crippen LogP contribution in [-0.2, 0) is 14.8 Å². The first-order valence-electron chi connectivity index (χ1n) is 10.0. The summed E-state index contributed by atoms with van der Waals surface area (Å²) in [6.07, 6.45) is 1.44. The lowest BCUT2D eigenvalue weighted by atomic mass is 10.1. The van der Waals surface area contributed by atoms with Crippen LogP contribution in [0.5, 0.6) is 11.5 Å². The molecule has 0 aliphatic carbocycles. The highest BCUT2D eigenvalue weighted by Crippen LogP contribution is 2.36. The van der Waals surface area contributed by atoms with E-state index in [9.17, 15) is 13.2 Å². The van der Waals surface area contributed by atoms with Crippen molar-refractivity contribution in [3.63, 3.8) is 0 Å². The van der Waals surface area contributed by atoms with Crippen LogP contribution < -0.4 is 19.6 Å². The van der Waals surface area contributed by atoms with Crippen LogP contribution in [0.4, 0.5) is 0 Å². The van der Waals surface area contributed by atoms with E-state index in [-0.39, 0.29) is 10.8 Å². The molecule has 0 spiro atoms. The van der Waals surface area contributed by atoms with Gasteiger partial charge in [-0.25, -0.2) is 13.8 Å². The van der Waals surface area contributed by atoms with E-state index in [0.717, 1.165) is 5.56 Å². The van der Waals surface area contributed by atoms with Crippen LogP contribution in [0.1, 0.15) is 31.9 Å². The molecule has 0 unspecified atom stereocenters. The lowest BCUT2D eigenvalue weighted by Crippen LogP contribution is -2.48. The number of ether oxygens (including phenoxy) is 2. The normalized spacial score (nSPS) is 12.7. The number of rotatable bonds is 10. The number of benzene rings is 2. The third-order valence-electron chi connectivity index (χ3n) is 4.49. The van der Waals surface area contributed by atoms with Crippen LogP contribution in [0.15, 0.2) is 50.9 Å². The van der Waals surface area contributed by atoms with Gasteiger partial charge < -0.3 is 9.47 Å². The second kappa shape index (κ2) is 11.4. The number of hydrogen-bond donors (Lipinski definition) is 2. The Hall–Kier alpha value is -2.43. The zero-order valence-electron chi connectivity index (χ0n) is 18.7. The van der Waals surface area contributed by atoms with E-state index < -0.39 is 22.0 Å². The van der Waals surface area contributed by atoms with Gasteiger partial charge in [-0.05, 0) is 65.5 Å². The number of hydrazone groups is 1. The van der Waals surface area contributed by atoms with Gasteiger partial charge in [-0.2, -0.15) is 9.82 Å². The molecule has 2 aromatic carbocycles. The zero-order valence-corrected chi connectivity index (χ0v) is 21.1. The van der Waals surface area contributed by atoms with Gasteiger partial charge in [0.1, 0.15) is 6.04 Å². The Kier molecular flexibility index (Phi) is 9.23. The standard InChI is InChI=1S/C22H28BrN3O5S/c1-6-31-19-12-16(11-18(23)21(19)30-5)13-24-25-22(27)20(14(2)3)26-32(28,29)17-9-7-15(4)8-10-17/h7-14,20,26H,6H2,1-5H3,(H,25,27)/b24-13-/t20-/m1/s1. The molecule has 1 atom stereocenters. The van der Waals surface area contributed by atoms with E-state index in [0.29, 0.717) is 28.1 Å². The van der Waals surface area contributed by atoms with Gasteiger partial charge in [-0.15, -0.1) is 0 Å². The van der Waals surface area contributed by atoms with E-state index in [2.05, 4.69) is 31.2 Å². The molecule has 0 aliphatic rings. The van der Waals surface area contributed by atoms with Crippen LogP contribution in [0.25, 0.3) is 0 Å². The highest BCUT2D eigenvalue weighted by molar-refractivity contribution is 9.10. The molecular formula is C22H28BrN3O5S. The first kappa shape index (κ1) is 25.8. The average molecular weight is 526 g/mol. The number of aryl methyl sites for hydroxylation is 1. The van der Waals surface area contributed by atoms with Crippen molar-refractivity contribution >= 4 is 38.1 Å². The summed E-state index contributed by atoms with van der Waals surface area (Å²) in [7, 11) is -2.33. The van der Waals surface area contributed by atoms with Crippen molar-refractivity contribution in [1.29, 1.82) is 0 Å². The minimum Gasteiger partial charge on any atom is -0.492 e. The van der Waals surface area contributed by atoms with Gasteiger partial charge in [0.2, 0.25) is 10.0 Å². The van der Waals surface area contributed by atoms with E-state index >= 15 is 0 Å². The Labute approximate surface area is 197 Å². The Bertz CT molecular complexity index is 1070. The van der Waals surface area contributed by atoms with Crippen molar-refractivity contribution < 1.29 is 22.7 Å². The SMILES string of the molecule is CCOc1cc(/C=N\NC(=O)[C@H](NS(=O)(=O)c2ccc(C)cc2)C(C)C)cc(Br)c1OC. The van der Waals surface area contributed by atoms with Crippen LogP contribution in [0.2, 0.25) is 0 Å². The van der Waals surface area contributed by atoms with Gasteiger partial charge in [-0.1, -0.05) is 31.5 Å². The van der Waals surface area contributed by atoms with Crippen molar-refractivity contribution in [3.8, 4) is 11.5 Å². The molecule has 2 rings (SSSR count). The molecule has 0 fully saturated rings. The number of nitrogens with zero attached hydrogens (tertiary/aromatic N) is 1. The molecule has 8 nitrogen and oxygen atoms in total. The third kappa shape index (κ3) is 6.78. The quantitative estimate of drug-likeness (QED) is 0.364. The minimum absolute atomic E-state index is 0.0941. The number of halogens is 1. The zero-order chi connectivity index (χ0) is 23.9. The summed E-state index contributed by atoms with van der Waals surface area (Å²) < 4.78 is 39.4. The minimum atomic E-state index is -3.87. The third-order valence-corrected chi connectivity index (χ3v) is 6.53. The molecule has 1 amide bonds. The van der Waals surface area contributed by atoms with Gasteiger partial charge in [0.05, 0.1) is 29.3 Å². The molecule has 0 heterocycles. The van der Waals surface area contributed by atoms with Crippen LogP contribution in [-0.4, -0.2) is 40.3 Å². The molecule has 2 N–H and O–H groups in total. The summed E-state index contributed by atoms with van der Waals surface area (Å²) >= 11 is 3.42. The molecule has 0 saturated heterocycles. The number of amides is 1. The maximum absolute atomic E-state index is 12.7. The summed E-state index contributed by atoms with van der Waals surface area (Å²) in [6.45, 7) is 7.68. The Morgan fingerprint density at radius 3 is 2.44 bits per heavy atom. The molecule has 32 heavy (non-hydrogen) atoms. The van der Waals surface area contributed by atoms with Gasteiger partial charge in [0.25, 0.3) is 5.91 Å². The largest absolute Gasteiger partial charge is 0.492 e. The molecule has 0 radical (unpaired) electrons. The van der Waals surface area contributed by atoms with Crippen molar-refractivity contribution in [2.24, 2.45) is 11.0 Å². The Balaban J connectivity index is 2.15. The summed E-state index contributed by atoms with van der Waals surface area (Å²) in [5.41, 5.74) is 4.01. The number of sulfonamides is 1. The summed E-state index contributed by atoms with van der Waals surface area (Å²) in [5, 5.41) is 3.98. The topological polar surface area (TPSA) is 106 Å². The van der Waals surface area contributed by atoms with Gasteiger partial charge in [0.15, 0.2) is 11.5 Å². The highest BCUT2D eigenvalue weighted by Gasteiger charge is 2.28. The summed E-state index contributed by atoms with van der Waals surface area (Å²) in [5.74, 6) is 0.219. The van der Waals surface area contributed by atoms with Crippen LogP contribution >= 0.6 is 15.9 Å². The van der Waals surface area contributed by atoms with Gasteiger partial charge in [0, 0.05) is 0 Å². The van der Waals surface area contributed by atoms with Gasteiger partial charge >= 0.3 is 0 Å². The Morgan fingerprint density at radius 1 is 1.22 bits per heavy atom. The lowest BCUT2D eigenvalue weighted by Gasteiger charge is -2.20. The van der Waals surface area contributed by atoms with E-state index in [1.54, 1.807) is 45.2 Å². The van der Waals surface area contributed by atoms with E-state index in [1.807, 2.05) is 13.8 Å². The molecule has 0 saturated carbocycles. The molecule has 0 bridgehead atoms. The first-order valence-corrected chi connectivity index (χ1v) is 12.3. The highest BCUT2D eigenvalue weighted by atomic mass is 79.9. The molecule has 174 valence electrons. The smallest absolute Gasteiger partial charge is 0.258 e. The van der Waals surface area contributed by atoms with E-state index in [4.69, 9.17) is 9.47 Å². The molecule has 2 aromatic rings. The summed E-state index contributed by atoms with van der Waals surface area (Å²) in [6, 6.07) is 8.89. The number of carbonyl (C=O) groups excluding carboxylic acids is 1. The molecular weight excluding hydrogens is 498 g/mol. The van der Waals surface area contributed by atoms with Crippen LogP contribution in [0.3, 0.4) is 0 Å². The number of nitrogens with one attached hydrogen (secondary N) is 2. The van der Waals surface area contributed by atoms with Crippen LogP contribution in [0, 0.1) is 12.8 Å². The number of methoxy groups -OCH3 is 1. The maximum atomic E-state index is 12.7. The van der Waals surface area contributed by atoms with Crippen molar-refractivity contribution in [2.75, 3.05) is 13.7 Å². The van der Waals surface area contributed by atoms with Crippen molar-refractivity contribution in [3.05, 3.63) is 52.0 Å². The number of carbonyl (C=O) groups is 1. The second-order valence-corrected chi connectivity index (χ2v) is 9.93. The fourth-order valence-corrected chi connectivity index (χ4v) is 4.77. The fourth-order valence-electron chi connectivity index (χ4n) is 2.81. The molecule has 0 aromatic heterocycles. The van der Waals surface area contributed by atoms with Crippen molar-refractivity contribution in [1.82, 2.24) is 10.1 Å². The fraction of sp³-hybridized carbons (Fsp3) is 0.364. The lowest BCUT2D eigenvalue weighted by molar-refractivity contribution is -0.123. The predicted octanol–water partition coefficient (Wildman–Crippen LogP) is 3.62. The van der Waals surface area contributed by atoms with E-state index in [1.165, 1.54) is 18.3 Å². The first-order chi connectivity index (χ1) is 15.1.